The summed E-state index contributed by atoms with van der Waals surface area (Å²) in [4.78, 5) is 16.2. The molecular formula is C22H29FN4O2. The Hall–Kier alpha value is -2.67. The third-order valence-corrected chi connectivity index (χ3v) is 4.98. The molecule has 0 atom stereocenters. The van der Waals surface area contributed by atoms with Gasteiger partial charge in [0.1, 0.15) is 11.6 Å². The minimum absolute atomic E-state index is 0.233. The molecular weight excluding hydrogens is 371 g/mol. The summed E-state index contributed by atoms with van der Waals surface area (Å²) in [7, 11) is 0. The first-order valence-electron chi connectivity index (χ1n) is 10.3. The number of ether oxygens (including phenoxy) is 1. The molecule has 0 unspecified atom stereocenters. The van der Waals surface area contributed by atoms with Crippen LogP contribution in [0.15, 0.2) is 42.6 Å². The molecule has 1 aliphatic rings. The smallest absolute Gasteiger partial charge is 0.315 e. The molecule has 1 aromatic heterocycles. The van der Waals surface area contributed by atoms with Crippen LogP contribution in [0.3, 0.4) is 0 Å². The third kappa shape index (κ3) is 7.34. The number of benzene rings is 1. The number of carbonyl (C=O) groups is 1. The normalized spacial score (nSPS) is 14.4. The maximum atomic E-state index is 13.3. The van der Waals surface area contributed by atoms with Crippen molar-refractivity contribution in [3.8, 4) is 11.6 Å². The summed E-state index contributed by atoms with van der Waals surface area (Å²) in [5.74, 6) is 0.324. The van der Waals surface area contributed by atoms with Crippen molar-refractivity contribution in [2.24, 2.45) is 0 Å². The second-order valence-electron chi connectivity index (χ2n) is 7.28. The Balaban J connectivity index is 1.37. The minimum atomic E-state index is -0.379. The number of aromatic nitrogens is 1. The van der Waals surface area contributed by atoms with Crippen LogP contribution >= 0.6 is 0 Å². The zero-order valence-corrected chi connectivity index (χ0v) is 16.6. The molecule has 0 aliphatic heterocycles. The van der Waals surface area contributed by atoms with E-state index in [0.717, 1.165) is 13.0 Å². The summed E-state index contributed by atoms with van der Waals surface area (Å²) in [5.41, 5.74) is 0.714. The lowest BCUT2D eigenvalue weighted by Gasteiger charge is -2.22. The van der Waals surface area contributed by atoms with Crippen LogP contribution in [0, 0.1) is 5.82 Å². The van der Waals surface area contributed by atoms with Crippen LogP contribution in [0.5, 0.6) is 11.6 Å². The topological polar surface area (TPSA) is 75.3 Å². The first kappa shape index (κ1) is 21.0. The Morgan fingerprint density at radius 1 is 1.10 bits per heavy atom. The van der Waals surface area contributed by atoms with E-state index in [2.05, 4.69) is 20.9 Å². The van der Waals surface area contributed by atoms with Gasteiger partial charge in [-0.2, -0.15) is 0 Å². The fourth-order valence-corrected chi connectivity index (χ4v) is 3.43. The molecule has 2 amide bonds. The summed E-state index contributed by atoms with van der Waals surface area (Å²) in [6, 6.07) is 9.86. The number of nitrogens with zero attached hydrogens (tertiary/aromatic N) is 1. The van der Waals surface area contributed by atoms with E-state index in [9.17, 15) is 9.18 Å². The quantitative estimate of drug-likeness (QED) is 0.554. The third-order valence-electron chi connectivity index (χ3n) is 4.98. The SMILES string of the molecule is O=C(NCCCNC1CCCCC1)NCc1cccnc1Oc1cccc(F)c1. The average Bonchev–Trinajstić information content (AvgIpc) is 2.74. The van der Waals surface area contributed by atoms with Crippen molar-refractivity contribution in [2.75, 3.05) is 13.1 Å². The Morgan fingerprint density at radius 2 is 1.97 bits per heavy atom. The highest BCUT2D eigenvalue weighted by atomic mass is 19.1. The number of hydrogen-bond acceptors (Lipinski definition) is 4. The number of nitrogens with one attached hydrogen (secondary N) is 3. The van der Waals surface area contributed by atoms with Gasteiger partial charge in [-0.05, 0) is 44.0 Å². The number of hydrogen-bond donors (Lipinski definition) is 3. The summed E-state index contributed by atoms with van der Waals surface area (Å²) < 4.78 is 19.0. The average molecular weight is 400 g/mol. The lowest BCUT2D eigenvalue weighted by Crippen LogP contribution is -2.37. The fraction of sp³-hybridized carbons (Fsp3) is 0.455. The van der Waals surface area contributed by atoms with E-state index in [1.54, 1.807) is 24.4 Å². The Bertz CT molecular complexity index is 781. The summed E-state index contributed by atoms with van der Waals surface area (Å²) in [6.45, 7) is 1.80. The molecule has 0 spiro atoms. The molecule has 29 heavy (non-hydrogen) atoms. The van der Waals surface area contributed by atoms with E-state index >= 15 is 0 Å². The van der Waals surface area contributed by atoms with Crippen molar-refractivity contribution in [3.05, 3.63) is 54.0 Å². The molecule has 0 radical (unpaired) electrons. The van der Waals surface area contributed by atoms with Crippen LogP contribution in [0.4, 0.5) is 9.18 Å². The molecule has 1 heterocycles. The molecule has 3 N–H and O–H groups in total. The minimum Gasteiger partial charge on any atom is -0.439 e. The van der Waals surface area contributed by atoms with Gasteiger partial charge in [-0.15, -0.1) is 0 Å². The largest absolute Gasteiger partial charge is 0.439 e. The molecule has 1 aromatic carbocycles. The first-order valence-corrected chi connectivity index (χ1v) is 10.3. The molecule has 3 rings (SSSR count). The number of urea groups is 1. The monoisotopic (exact) mass is 400 g/mol. The Kier molecular flexibility index (Phi) is 8.25. The second kappa shape index (κ2) is 11.4. The number of halogens is 1. The second-order valence-corrected chi connectivity index (χ2v) is 7.28. The zero-order valence-electron chi connectivity index (χ0n) is 16.6. The van der Waals surface area contributed by atoms with Crippen LogP contribution in [0.25, 0.3) is 0 Å². The van der Waals surface area contributed by atoms with Gasteiger partial charge in [-0.25, -0.2) is 14.2 Å². The van der Waals surface area contributed by atoms with Crippen molar-refractivity contribution >= 4 is 6.03 Å². The first-order chi connectivity index (χ1) is 14.2. The van der Waals surface area contributed by atoms with Crippen LogP contribution in [-0.4, -0.2) is 30.1 Å². The predicted molar refractivity (Wildman–Crippen MR) is 110 cm³/mol. The lowest BCUT2D eigenvalue weighted by molar-refractivity contribution is 0.240. The van der Waals surface area contributed by atoms with E-state index in [1.165, 1.54) is 44.2 Å². The van der Waals surface area contributed by atoms with Crippen LogP contribution in [-0.2, 0) is 6.54 Å². The maximum absolute atomic E-state index is 13.3. The highest BCUT2D eigenvalue weighted by Gasteiger charge is 2.12. The van der Waals surface area contributed by atoms with E-state index in [1.807, 2.05) is 6.07 Å². The van der Waals surface area contributed by atoms with Crippen molar-refractivity contribution in [1.29, 1.82) is 0 Å². The van der Waals surface area contributed by atoms with E-state index < -0.39 is 0 Å². The highest BCUT2D eigenvalue weighted by molar-refractivity contribution is 5.73. The summed E-state index contributed by atoms with van der Waals surface area (Å²) in [5, 5.41) is 9.24. The van der Waals surface area contributed by atoms with Crippen LogP contribution < -0.4 is 20.7 Å². The van der Waals surface area contributed by atoms with Crippen LogP contribution in [0.1, 0.15) is 44.1 Å². The van der Waals surface area contributed by atoms with E-state index in [4.69, 9.17) is 4.74 Å². The number of amides is 2. The number of carbonyl (C=O) groups excluding carboxylic acids is 1. The van der Waals surface area contributed by atoms with Gasteiger partial charge in [0, 0.05) is 37.0 Å². The van der Waals surface area contributed by atoms with Gasteiger partial charge >= 0.3 is 6.03 Å². The van der Waals surface area contributed by atoms with Gasteiger partial charge in [0.25, 0.3) is 0 Å². The van der Waals surface area contributed by atoms with Gasteiger partial charge in [-0.3, -0.25) is 0 Å². The molecule has 1 aliphatic carbocycles. The van der Waals surface area contributed by atoms with Gasteiger partial charge < -0.3 is 20.7 Å². The van der Waals surface area contributed by atoms with Crippen molar-refractivity contribution in [3.63, 3.8) is 0 Å². The van der Waals surface area contributed by atoms with Crippen molar-refractivity contribution < 1.29 is 13.9 Å². The molecule has 156 valence electrons. The molecule has 6 nitrogen and oxygen atoms in total. The maximum Gasteiger partial charge on any atom is 0.315 e. The number of pyridine rings is 1. The Labute approximate surface area is 171 Å². The van der Waals surface area contributed by atoms with E-state index in [0.29, 0.717) is 29.8 Å². The molecule has 7 heteroatoms. The molecule has 1 fully saturated rings. The van der Waals surface area contributed by atoms with Gasteiger partial charge in [0.15, 0.2) is 0 Å². The summed E-state index contributed by atoms with van der Waals surface area (Å²) >= 11 is 0. The fourth-order valence-electron chi connectivity index (χ4n) is 3.43. The van der Waals surface area contributed by atoms with Crippen molar-refractivity contribution in [2.45, 2.75) is 51.1 Å². The zero-order chi connectivity index (χ0) is 20.3. The Morgan fingerprint density at radius 3 is 2.79 bits per heavy atom. The van der Waals surface area contributed by atoms with Gasteiger partial charge in [-0.1, -0.05) is 31.4 Å². The van der Waals surface area contributed by atoms with Crippen molar-refractivity contribution in [1.82, 2.24) is 20.9 Å². The van der Waals surface area contributed by atoms with Crippen LogP contribution in [0.2, 0.25) is 0 Å². The highest BCUT2D eigenvalue weighted by Crippen LogP contribution is 2.23. The van der Waals surface area contributed by atoms with Gasteiger partial charge in [0.2, 0.25) is 5.88 Å². The van der Waals surface area contributed by atoms with Gasteiger partial charge in [0.05, 0.1) is 0 Å². The lowest BCUT2D eigenvalue weighted by atomic mass is 9.95. The molecule has 0 bridgehead atoms. The number of rotatable bonds is 9. The standard InChI is InChI=1S/C22H29FN4O2/c23-18-8-4-11-20(15-18)29-21-17(7-5-12-25-21)16-27-22(28)26-14-6-13-24-19-9-2-1-3-10-19/h4-5,7-8,11-12,15,19,24H,1-3,6,9-10,13-14,16H2,(H2,26,27,28). The molecule has 2 aromatic rings. The molecule has 1 saturated carbocycles. The molecule has 0 saturated heterocycles. The van der Waals surface area contributed by atoms with E-state index in [-0.39, 0.29) is 18.4 Å². The predicted octanol–water partition coefficient (Wildman–Crippen LogP) is 4.12. The summed E-state index contributed by atoms with van der Waals surface area (Å²) in [6.07, 6.45) is 9.00.